The van der Waals surface area contributed by atoms with Gasteiger partial charge in [0.25, 0.3) is 5.56 Å². The van der Waals surface area contributed by atoms with Gasteiger partial charge < -0.3 is 35.1 Å². The molecular formula is C47H62N8O6. The number of nitrogens with one attached hydrogen (secondary N) is 3. The van der Waals surface area contributed by atoms with Crippen molar-refractivity contribution in [2.45, 2.75) is 59.3 Å². The number of carbonyl (C=O) groups excluding carboxylic acids is 2. The van der Waals surface area contributed by atoms with E-state index in [-0.39, 0.29) is 22.8 Å². The van der Waals surface area contributed by atoms with Gasteiger partial charge in [-0.25, -0.2) is 4.98 Å². The number of fused-ring (bicyclic) bond motifs is 3. The maximum atomic E-state index is 13.4. The van der Waals surface area contributed by atoms with E-state index < -0.39 is 0 Å². The van der Waals surface area contributed by atoms with Crippen LogP contribution in [0.15, 0.2) is 72.2 Å². The second kappa shape index (κ2) is 20.0. The Morgan fingerprint density at radius 1 is 0.951 bits per heavy atom. The smallest absolute Gasteiger partial charge is 0.257 e. The molecule has 0 spiro atoms. The fourth-order valence-electron chi connectivity index (χ4n) is 9.89. The molecule has 326 valence electrons. The van der Waals surface area contributed by atoms with Gasteiger partial charge in [0, 0.05) is 80.8 Å². The van der Waals surface area contributed by atoms with Crippen LogP contribution in [0.5, 0.6) is 5.75 Å². The molecule has 3 fully saturated rings. The molecule has 2 aromatic heterocycles. The van der Waals surface area contributed by atoms with E-state index >= 15 is 0 Å². The van der Waals surface area contributed by atoms with E-state index in [0.717, 1.165) is 67.1 Å². The predicted molar refractivity (Wildman–Crippen MR) is 240 cm³/mol. The lowest BCUT2D eigenvalue weighted by Crippen LogP contribution is -2.47. The summed E-state index contributed by atoms with van der Waals surface area (Å²) in [4.78, 5) is 52.1. The van der Waals surface area contributed by atoms with Crippen molar-refractivity contribution in [1.82, 2.24) is 24.8 Å². The topological polar surface area (TPSA) is 152 Å². The Bertz CT molecular complexity index is 2220. The number of amides is 2. The van der Waals surface area contributed by atoms with Gasteiger partial charge in [0.05, 0.1) is 44.9 Å². The third kappa shape index (κ3) is 11.3. The third-order valence-corrected chi connectivity index (χ3v) is 12.5. The van der Waals surface area contributed by atoms with E-state index in [1.54, 1.807) is 43.6 Å². The molecule has 2 unspecified atom stereocenters. The molecule has 0 radical (unpaired) electrons. The van der Waals surface area contributed by atoms with Crippen molar-refractivity contribution in [2.75, 3.05) is 88.3 Å². The number of nitrogens with zero attached hydrogens (tertiary/aromatic N) is 5. The maximum Gasteiger partial charge on any atom is 0.257 e. The van der Waals surface area contributed by atoms with Gasteiger partial charge in [0.15, 0.2) is 5.65 Å². The largest absolute Gasteiger partial charge is 0.494 e. The fraction of sp³-hybridized carbons (Fsp3) is 0.511. The molecule has 2 aliphatic carbocycles. The number of anilines is 4. The zero-order valence-corrected chi connectivity index (χ0v) is 36.2. The van der Waals surface area contributed by atoms with Gasteiger partial charge in [-0.2, -0.15) is 4.98 Å². The second-order valence-electron chi connectivity index (χ2n) is 17.5. The average Bonchev–Trinajstić information content (AvgIpc) is 3.22. The minimum atomic E-state index is -0.348. The van der Waals surface area contributed by atoms with Gasteiger partial charge in [-0.15, -0.1) is 0 Å². The predicted octanol–water partition coefficient (Wildman–Crippen LogP) is 6.48. The molecule has 3 aliphatic rings. The molecule has 4 aromatic rings. The second-order valence-corrected chi connectivity index (χ2v) is 17.5. The molecule has 2 amide bonds. The lowest BCUT2D eigenvalue weighted by atomic mass is 9.58. The highest BCUT2D eigenvalue weighted by atomic mass is 16.5. The van der Waals surface area contributed by atoms with Crippen molar-refractivity contribution in [3.05, 3.63) is 83.3 Å². The number of aryl methyl sites for hydroxylation is 1. The summed E-state index contributed by atoms with van der Waals surface area (Å²) in [6, 6.07) is 14.6. The zero-order valence-electron chi connectivity index (χ0n) is 36.2. The molecule has 2 bridgehead atoms. The van der Waals surface area contributed by atoms with Crippen LogP contribution in [0.3, 0.4) is 0 Å². The molecule has 1 aliphatic heterocycles. The van der Waals surface area contributed by atoms with Crippen molar-refractivity contribution in [1.29, 1.82) is 0 Å². The number of carbonyl (C=O) groups is 2. The van der Waals surface area contributed by atoms with E-state index in [9.17, 15) is 14.4 Å². The molecule has 3 N–H and O–H groups in total. The molecule has 2 atom stereocenters. The maximum absolute atomic E-state index is 13.4. The van der Waals surface area contributed by atoms with Crippen LogP contribution in [0.1, 0.15) is 57.9 Å². The van der Waals surface area contributed by atoms with E-state index in [2.05, 4.69) is 57.2 Å². The Kier molecular flexibility index (Phi) is 14.4. The monoisotopic (exact) mass is 834 g/mol. The SMILES string of the molecule is C=CC(=O)Nc1cccc(-n2c(=O)cc(C)c3cnc(Nc4ccc(N5CCN(CCOCCOCCNC(=O)CC6(C)CC7CC(C)CC(C7)C6)CC5)cc4OC)nc32)c1. The standard InChI is InChI=1S/C47H62N8O6/c1-6-42(56)50-36-8-7-9-38(26-36)55-44(58)24-33(3)39-31-49-46(52-45(39)55)51-40-11-10-37(27-41(40)59-5)54-15-13-53(14-16-54)17-19-61-21-20-60-18-12-48-43(57)30-47(4)28-34-22-32(2)23-35(25-34)29-47/h6-11,24,26-27,31-32,34-35H,1,12-23,25,28-30H2,2-5H3,(H,48,57)(H,50,56)(H,49,51,52). The molecule has 61 heavy (non-hydrogen) atoms. The van der Waals surface area contributed by atoms with Gasteiger partial charge in [0.1, 0.15) is 5.75 Å². The van der Waals surface area contributed by atoms with E-state index in [1.807, 2.05) is 19.1 Å². The molecule has 14 nitrogen and oxygen atoms in total. The third-order valence-electron chi connectivity index (χ3n) is 12.5. The first kappa shape index (κ1) is 43.8. The van der Waals surface area contributed by atoms with Crippen LogP contribution in [-0.2, 0) is 19.1 Å². The summed E-state index contributed by atoms with van der Waals surface area (Å²) >= 11 is 0. The molecule has 7 rings (SSSR count). The van der Waals surface area contributed by atoms with Gasteiger partial charge in [-0.05, 0) is 104 Å². The van der Waals surface area contributed by atoms with Crippen LogP contribution in [0.4, 0.5) is 23.0 Å². The van der Waals surface area contributed by atoms with Crippen LogP contribution in [0.25, 0.3) is 16.7 Å². The Hall–Kier alpha value is -5.31. The van der Waals surface area contributed by atoms with Crippen LogP contribution < -0.4 is 31.1 Å². The first-order valence-electron chi connectivity index (χ1n) is 21.8. The van der Waals surface area contributed by atoms with Gasteiger partial charge in [-0.3, -0.25) is 23.9 Å². The Morgan fingerprint density at radius 2 is 1.70 bits per heavy atom. The Balaban J connectivity index is 0.833. The minimum Gasteiger partial charge on any atom is -0.494 e. The summed E-state index contributed by atoms with van der Waals surface area (Å²) in [5.74, 6) is 3.17. The molecule has 2 aromatic carbocycles. The molecule has 14 heteroatoms. The number of rotatable bonds is 18. The number of hydrogen-bond donors (Lipinski definition) is 3. The van der Waals surface area contributed by atoms with Crippen LogP contribution >= 0.6 is 0 Å². The summed E-state index contributed by atoms with van der Waals surface area (Å²) in [6.07, 6.45) is 9.90. The number of piperazine rings is 1. The first-order valence-corrected chi connectivity index (χ1v) is 21.8. The summed E-state index contributed by atoms with van der Waals surface area (Å²) in [5, 5.41) is 9.84. The van der Waals surface area contributed by atoms with Gasteiger partial charge in [-0.1, -0.05) is 26.5 Å². The van der Waals surface area contributed by atoms with Crippen LogP contribution in [0.2, 0.25) is 0 Å². The summed E-state index contributed by atoms with van der Waals surface area (Å²) in [6.45, 7) is 17.2. The van der Waals surface area contributed by atoms with Gasteiger partial charge in [0.2, 0.25) is 17.8 Å². The summed E-state index contributed by atoms with van der Waals surface area (Å²) in [5.41, 5.74) is 3.87. The van der Waals surface area contributed by atoms with Crippen molar-refractivity contribution in [3.8, 4) is 11.4 Å². The Labute approximate surface area is 359 Å². The lowest BCUT2D eigenvalue weighted by molar-refractivity contribution is -0.125. The number of methoxy groups -OCH3 is 1. The summed E-state index contributed by atoms with van der Waals surface area (Å²) in [7, 11) is 1.63. The molecule has 3 heterocycles. The lowest BCUT2D eigenvalue weighted by Gasteiger charge is -2.47. The van der Waals surface area contributed by atoms with Crippen molar-refractivity contribution >= 4 is 45.9 Å². The quantitative estimate of drug-likeness (QED) is 0.0747. The average molecular weight is 835 g/mol. The highest BCUT2D eigenvalue weighted by Crippen LogP contribution is 2.51. The molecular weight excluding hydrogens is 773 g/mol. The van der Waals surface area contributed by atoms with Crippen molar-refractivity contribution < 1.29 is 23.8 Å². The van der Waals surface area contributed by atoms with E-state index in [1.165, 1.54) is 42.7 Å². The van der Waals surface area contributed by atoms with Gasteiger partial charge >= 0.3 is 0 Å². The molecule has 2 saturated carbocycles. The number of hydrogen-bond acceptors (Lipinski definition) is 11. The van der Waals surface area contributed by atoms with E-state index in [4.69, 9.17) is 19.2 Å². The minimum absolute atomic E-state index is 0.135. The number of aromatic nitrogens is 3. The van der Waals surface area contributed by atoms with Crippen molar-refractivity contribution in [3.63, 3.8) is 0 Å². The zero-order chi connectivity index (χ0) is 42.9. The highest BCUT2D eigenvalue weighted by molar-refractivity contribution is 5.99. The van der Waals surface area contributed by atoms with Crippen molar-refractivity contribution in [2.24, 2.45) is 23.2 Å². The summed E-state index contributed by atoms with van der Waals surface area (Å²) < 4.78 is 18.9. The van der Waals surface area contributed by atoms with Crippen LogP contribution in [-0.4, -0.2) is 104 Å². The first-order chi connectivity index (χ1) is 29.5. The highest BCUT2D eigenvalue weighted by Gasteiger charge is 2.41. The Morgan fingerprint density at radius 3 is 2.44 bits per heavy atom. The van der Waals surface area contributed by atoms with E-state index in [0.29, 0.717) is 73.8 Å². The number of ether oxygens (including phenoxy) is 3. The fourth-order valence-corrected chi connectivity index (χ4v) is 9.89. The number of pyridine rings is 1. The normalized spacial score (nSPS) is 21.5. The number of benzene rings is 2. The van der Waals surface area contributed by atoms with Crippen LogP contribution in [0, 0.1) is 30.1 Å². The molecule has 1 saturated heterocycles.